The lowest BCUT2D eigenvalue weighted by atomic mass is 9.75. The van der Waals surface area contributed by atoms with Gasteiger partial charge in [-0.25, -0.2) is 0 Å². The van der Waals surface area contributed by atoms with Crippen LogP contribution in [0.25, 0.3) is 0 Å². The van der Waals surface area contributed by atoms with Gasteiger partial charge in [-0.05, 0) is 11.1 Å². The number of ether oxygens (including phenoxy) is 1. The first-order chi connectivity index (χ1) is 12.4. The molecule has 2 nitrogen and oxygen atoms in total. The minimum atomic E-state index is -4.64. The third-order valence-corrected chi connectivity index (χ3v) is 5.30. The monoisotopic (exact) mass is 424 g/mol. The number of hydrogen-bond donors (Lipinski definition) is 0. The van der Waals surface area contributed by atoms with Gasteiger partial charge >= 0.3 is 6.18 Å². The summed E-state index contributed by atoms with van der Waals surface area (Å²) >= 11 is 3.16. The Kier molecular flexibility index (Phi) is 5.51. The summed E-state index contributed by atoms with van der Waals surface area (Å²) in [6.45, 7) is 0. The number of hydrogen-bond acceptors (Lipinski definition) is 2. The predicted molar refractivity (Wildman–Crippen MR) is 95.9 cm³/mol. The summed E-state index contributed by atoms with van der Waals surface area (Å²) in [5.74, 6) is -2.09. The van der Waals surface area contributed by atoms with Crippen molar-refractivity contribution in [1.29, 1.82) is 0 Å². The van der Waals surface area contributed by atoms with E-state index in [2.05, 4.69) is 15.9 Å². The molecule has 1 aliphatic heterocycles. The Morgan fingerprint density at radius 3 is 2.00 bits per heavy atom. The van der Waals surface area contributed by atoms with Crippen LogP contribution in [0.3, 0.4) is 0 Å². The summed E-state index contributed by atoms with van der Waals surface area (Å²) in [6, 6.07) is 18.2. The van der Waals surface area contributed by atoms with E-state index in [9.17, 15) is 18.0 Å². The lowest BCUT2D eigenvalue weighted by Crippen LogP contribution is -2.36. The van der Waals surface area contributed by atoms with Crippen molar-refractivity contribution in [2.24, 2.45) is 0 Å². The molecule has 2 aromatic rings. The van der Waals surface area contributed by atoms with Gasteiger partial charge in [-0.3, -0.25) is 0 Å². The number of carbonyl (C=O) groups is 1. The highest BCUT2D eigenvalue weighted by molar-refractivity contribution is 9.11. The van der Waals surface area contributed by atoms with Crippen LogP contribution in [-0.2, 0) is 9.53 Å². The average Bonchev–Trinajstić information content (AvgIpc) is 2.63. The first-order valence-electron chi connectivity index (χ1n) is 8.10. The van der Waals surface area contributed by atoms with E-state index in [0.29, 0.717) is 6.29 Å². The number of alkyl halides is 3. The van der Waals surface area contributed by atoms with Crippen LogP contribution in [0.1, 0.15) is 29.4 Å². The molecular formula is C20H16BrF3O2. The van der Waals surface area contributed by atoms with Gasteiger partial charge < -0.3 is 9.53 Å². The Balaban J connectivity index is 2.20. The third-order valence-electron chi connectivity index (χ3n) is 4.45. The SMILES string of the molecule is O=CC[C@H]1OC(C(F)(F)F)=C(Br)[C@@H](c2ccccc2)[C@@H]1c1ccccc1. The molecule has 6 heteroatoms. The van der Waals surface area contributed by atoms with Crippen LogP contribution in [0.5, 0.6) is 0 Å². The van der Waals surface area contributed by atoms with Crippen molar-refractivity contribution >= 4 is 22.2 Å². The second-order valence-electron chi connectivity index (χ2n) is 6.06. The van der Waals surface area contributed by atoms with Crippen molar-refractivity contribution in [3.8, 4) is 0 Å². The molecule has 0 unspecified atom stereocenters. The van der Waals surface area contributed by atoms with Gasteiger partial charge in [0.2, 0.25) is 5.76 Å². The molecule has 2 aromatic carbocycles. The van der Waals surface area contributed by atoms with Gasteiger partial charge in [-0.1, -0.05) is 76.6 Å². The molecule has 0 saturated carbocycles. The third kappa shape index (κ3) is 3.70. The van der Waals surface area contributed by atoms with Gasteiger partial charge in [-0.15, -0.1) is 0 Å². The Morgan fingerprint density at radius 2 is 1.50 bits per heavy atom. The number of allylic oxidation sites excluding steroid dienone is 2. The summed E-state index contributed by atoms with van der Waals surface area (Å²) in [6.07, 6.45) is -5.06. The smallest absolute Gasteiger partial charge is 0.449 e. The number of halogens is 4. The highest BCUT2D eigenvalue weighted by atomic mass is 79.9. The number of rotatable bonds is 4. The Hall–Kier alpha value is -2.08. The standard InChI is InChI=1S/C20H16BrF3O2/c21-18-17(14-9-5-2-6-10-14)16(13-7-3-1-4-8-13)15(11-12-25)26-19(18)20(22,23)24/h1-10,12,15-17H,11H2/t15-,16-,17+/m1/s1. The van der Waals surface area contributed by atoms with E-state index >= 15 is 0 Å². The van der Waals surface area contributed by atoms with E-state index in [1.165, 1.54) is 0 Å². The fraction of sp³-hybridized carbons (Fsp3) is 0.250. The van der Waals surface area contributed by atoms with Gasteiger partial charge in [0.05, 0.1) is 4.48 Å². The Morgan fingerprint density at radius 1 is 0.962 bits per heavy atom. The Labute approximate surface area is 157 Å². The van der Waals surface area contributed by atoms with Crippen LogP contribution >= 0.6 is 15.9 Å². The zero-order chi connectivity index (χ0) is 18.7. The minimum absolute atomic E-state index is 0.0489. The maximum absolute atomic E-state index is 13.5. The maximum Gasteiger partial charge on any atom is 0.449 e. The first-order valence-corrected chi connectivity index (χ1v) is 8.90. The summed E-state index contributed by atoms with van der Waals surface area (Å²) in [5.41, 5.74) is 1.56. The molecule has 1 heterocycles. The van der Waals surface area contributed by atoms with E-state index in [-0.39, 0.29) is 10.9 Å². The molecule has 0 bridgehead atoms. The van der Waals surface area contributed by atoms with Crippen molar-refractivity contribution in [3.05, 3.63) is 82.0 Å². The molecule has 3 atom stereocenters. The van der Waals surface area contributed by atoms with Crippen LogP contribution in [0, 0.1) is 0 Å². The Bertz CT molecular complexity index is 788. The summed E-state index contributed by atoms with van der Waals surface area (Å²) in [7, 11) is 0. The van der Waals surface area contributed by atoms with Gasteiger partial charge in [0, 0.05) is 18.3 Å². The topological polar surface area (TPSA) is 26.3 Å². The lowest BCUT2D eigenvalue weighted by molar-refractivity contribution is -0.149. The van der Waals surface area contributed by atoms with Crippen LogP contribution < -0.4 is 0 Å². The van der Waals surface area contributed by atoms with Crippen molar-refractivity contribution in [2.45, 2.75) is 30.5 Å². The van der Waals surface area contributed by atoms with Crippen molar-refractivity contribution < 1.29 is 22.7 Å². The van der Waals surface area contributed by atoms with E-state index in [1.54, 1.807) is 24.3 Å². The highest BCUT2D eigenvalue weighted by Crippen LogP contribution is 2.52. The van der Waals surface area contributed by atoms with Crippen molar-refractivity contribution in [1.82, 2.24) is 0 Å². The van der Waals surface area contributed by atoms with Gasteiger partial charge in [0.1, 0.15) is 12.4 Å². The quantitative estimate of drug-likeness (QED) is 0.587. The average molecular weight is 425 g/mol. The van der Waals surface area contributed by atoms with Crippen molar-refractivity contribution in [3.63, 3.8) is 0 Å². The molecule has 26 heavy (non-hydrogen) atoms. The zero-order valence-electron chi connectivity index (χ0n) is 13.6. The van der Waals surface area contributed by atoms with Crippen LogP contribution in [0.4, 0.5) is 13.2 Å². The molecule has 0 aromatic heterocycles. The highest BCUT2D eigenvalue weighted by Gasteiger charge is 2.49. The molecule has 0 saturated heterocycles. The number of aldehydes is 1. The van der Waals surface area contributed by atoms with Gasteiger partial charge in [0.15, 0.2) is 0 Å². The number of benzene rings is 2. The summed E-state index contributed by atoms with van der Waals surface area (Å²) in [4.78, 5) is 11.1. The molecule has 3 rings (SSSR count). The fourth-order valence-corrected chi connectivity index (χ4v) is 4.25. The van der Waals surface area contributed by atoms with Gasteiger partial charge in [0.25, 0.3) is 0 Å². The van der Waals surface area contributed by atoms with E-state index < -0.39 is 29.9 Å². The molecule has 1 aliphatic rings. The fourth-order valence-electron chi connectivity index (χ4n) is 3.38. The molecule has 136 valence electrons. The van der Waals surface area contributed by atoms with E-state index in [0.717, 1.165) is 11.1 Å². The zero-order valence-corrected chi connectivity index (χ0v) is 15.2. The molecule has 0 aliphatic carbocycles. The van der Waals surface area contributed by atoms with Crippen LogP contribution in [0.15, 0.2) is 70.9 Å². The minimum Gasteiger partial charge on any atom is -0.484 e. The van der Waals surface area contributed by atoms with Crippen molar-refractivity contribution in [2.75, 3.05) is 0 Å². The second-order valence-corrected chi connectivity index (χ2v) is 6.91. The normalized spacial score (nSPS) is 23.5. The molecule has 0 amide bonds. The second kappa shape index (κ2) is 7.66. The van der Waals surface area contributed by atoms with Gasteiger partial charge in [-0.2, -0.15) is 13.2 Å². The van der Waals surface area contributed by atoms with E-state index in [1.807, 2.05) is 36.4 Å². The summed E-state index contributed by atoms with van der Waals surface area (Å²) < 4.78 is 45.8. The summed E-state index contributed by atoms with van der Waals surface area (Å²) in [5, 5.41) is 0. The molecule has 0 radical (unpaired) electrons. The molecule has 0 fully saturated rings. The first kappa shape index (κ1) is 18.7. The van der Waals surface area contributed by atoms with E-state index in [4.69, 9.17) is 4.74 Å². The van der Waals surface area contributed by atoms with Crippen LogP contribution in [0.2, 0.25) is 0 Å². The number of carbonyl (C=O) groups excluding carboxylic acids is 1. The molecule has 0 spiro atoms. The molecule has 0 N–H and O–H groups in total. The predicted octanol–water partition coefficient (Wildman–Crippen LogP) is 5.71. The maximum atomic E-state index is 13.5. The van der Waals surface area contributed by atoms with Crippen LogP contribution in [-0.4, -0.2) is 18.6 Å². The lowest BCUT2D eigenvalue weighted by Gasteiger charge is -2.40. The molecular weight excluding hydrogens is 409 g/mol. The largest absolute Gasteiger partial charge is 0.484 e.